The summed E-state index contributed by atoms with van der Waals surface area (Å²) in [6, 6.07) is 4.34. The molecule has 21 heavy (non-hydrogen) atoms. The molecule has 1 saturated carbocycles. The van der Waals surface area contributed by atoms with Crippen molar-refractivity contribution < 1.29 is 9.53 Å². The third-order valence-electron chi connectivity index (χ3n) is 4.79. The van der Waals surface area contributed by atoms with E-state index in [1.54, 1.807) is 0 Å². The van der Waals surface area contributed by atoms with Gasteiger partial charge in [-0.1, -0.05) is 18.9 Å². The summed E-state index contributed by atoms with van der Waals surface area (Å²) in [6.45, 7) is 4.15. The van der Waals surface area contributed by atoms with Crippen LogP contribution in [-0.4, -0.2) is 24.1 Å². The molecule has 3 N–H and O–H groups in total. The van der Waals surface area contributed by atoms with Crippen LogP contribution in [0.3, 0.4) is 0 Å². The van der Waals surface area contributed by atoms with Gasteiger partial charge in [-0.25, -0.2) is 0 Å². The van der Waals surface area contributed by atoms with Gasteiger partial charge >= 0.3 is 0 Å². The molecule has 1 amide bonds. The lowest BCUT2D eigenvalue weighted by Crippen LogP contribution is -2.52. The van der Waals surface area contributed by atoms with Crippen molar-refractivity contribution in [3.8, 4) is 5.75 Å². The second-order valence-corrected chi connectivity index (χ2v) is 6.42. The first-order valence-electron chi connectivity index (χ1n) is 7.87. The van der Waals surface area contributed by atoms with Gasteiger partial charge in [0.15, 0.2) is 6.10 Å². The summed E-state index contributed by atoms with van der Waals surface area (Å²) in [4.78, 5) is 12.4. The van der Waals surface area contributed by atoms with Gasteiger partial charge in [-0.3, -0.25) is 4.79 Å². The van der Waals surface area contributed by atoms with Crippen LogP contribution in [0.15, 0.2) is 12.1 Å². The number of carbonyl (C=O) groups is 1. The van der Waals surface area contributed by atoms with Crippen LogP contribution >= 0.6 is 0 Å². The van der Waals surface area contributed by atoms with Crippen molar-refractivity contribution in [2.45, 2.75) is 64.1 Å². The van der Waals surface area contributed by atoms with E-state index in [2.05, 4.69) is 25.2 Å². The molecule has 0 spiro atoms. The van der Waals surface area contributed by atoms with Crippen LogP contribution in [0.2, 0.25) is 0 Å². The minimum absolute atomic E-state index is 0.0242. The molecule has 1 heterocycles. The number of nitrogens with two attached hydrogens (primary N) is 1. The first-order valence-corrected chi connectivity index (χ1v) is 7.87. The molecule has 0 aromatic heterocycles. The van der Waals surface area contributed by atoms with Gasteiger partial charge in [-0.15, -0.1) is 0 Å². The Labute approximate surface area is 126 Å². The lowest BCUT2D eigenvalue weighted by Gasteiger charge is -2.30. The second-order valence-electron chi connectivity index (χ2n) is 6.42. The smallest absolute Gasteiger partial charge is 0.261 e. The Kier molecular flexibility index (Phi) is 3.89. The maximum absolute atomic E-state index is 12.4. The maximum Gasteiger partial charge on any atom is 0.261 e. The largest absolute Gasteiger partial charge is 0.480 e. The number of hydrogen-bond donors (Lipinski definition) is 2. The summed E-state index contributed by atoms with van der Waals surface area (Å²) < 4.78 is 5.83. The van der Waals surface area contributed by atoms with Crippen molar-refractivity contribution in [2.24, 2.45) is 5.73 Å². The predicted molar refractivity (Wildman–Crippen MR) is 82.4 cm³/mol. The second kappa shape index (κ2) is 5.68. The number of nitrogens with one attached hydrogen (secondary N) is 1. The third-order valence-corrected chi connectivity index (χ3v) is 4.79. The average molecular weight is 288 g/mol. The van der Waals surface area contributed by atoms with E-state index in [0.29, 0.717) is 6.42 Å². The molecule has 1 aromatic carbocycles. The molecule has 1 aliphatic carbocycles. The van der Waals surface area contributed by atoms with Crippen molar-refractivity contribution in [1.82, 2.24) is 5.32 Å². The van der Waals surface area contributed by atoms with Crippen LogP contribution in [0.4, 0.5) is 0 Å². The van der Waals surface area contributed by atoms with Gasteiger partial charge in [0.25, 0.3) is 5.91 Å². The number of carbonyl (C=O) groups excluding carboxylic acids is 1. The first-order chi connectivity index (χ1) is 10.0. The number of aryl methyl sites for hydroxylation is 2. The fourth-order valence-electron chi connectivity index (χ4n) is 3.27. The fraction of sp³-hybridized carbons (Fsp3) is 0.588. The van der Waals surface area contributed by atoms with E-state index in [0.717, 1.165) is 37.0 Å². The van der Waals surface area contributed by atoms with Crippen molar-refractivity contribution in [1.29, 1.82) is 0 Å². The Morgan fingerprint density at radius 1 is 1.24 bits per heavy atom. The van der Waals surface area contributed by atoms with Crippen LogP contribution in [0.5, 0.6) is 5.75 Å². The SMILES string of the molecule is Cc1cc2c(cc1C)OC(C(=O)N[C@@H]1CCCC[C@H]1N)C2. The summed E-state index contributed by atoms with van der Waals surface area (Å²) in [5.74, 6) is 0.829. The van der Waals surface area contributed by atoms with Crippen LogP contribution in [0.25, 0.3) is 0 Å². The van der Waals surface area contributed by atoms with Gasteiger partial charge in [0.05, 0.1) is 0 Å². The van der Waals surface area contributed by atoms with Gasteiger partial charge in [-0.05, 0) is 49.4 Å². The number of amides is 1. The molecule has 0 radical (unpaired) electrons. The Hall–Kier alpha value is -1.55. The van der Waals surface area contributed by atoms with E-state index < -0.39 is 6.10 Å². The van der Waals surface area contributed by atoms with E-state index in [9.17, 15) is 4.79 Å². The molecule has 2 aliphatic rings. The zero-order chi connectivity index (χ0) is 15.0. The van der Waals surface area contributed by atoms with Gasteiger partial charge in [0.1, 0.15) is 5.75 Å². The number of ether oxygens (including phenoxy) is 1. The molecule has 114 valence electrons. The predicted octanol–water partition coefficient (Wildman–Crippen LogP) is 1.99. The maximum atomic E-state index is 12.4. The summed E-state index contributed by atoms with van der Waals surface area (Å²) in [7, 11) is 0. The van der Waals surface area contributed by atoms with Crippen molar-refractivity contribution in [3.63, 3.8) is 0 Å². The molecular formula is C17H24N2O2. The van der Waals surface area contributed by atoms with E-state index in [-0.39, 0.29) is 18.0 Å². The van der Waals surface area contributed by atoms with E-state index in [1.807, 2.05) is 6.07 Å². The highest BCUT2D eigenvalue weighted by atomic mass is 16.5. The number of benzene rings is 1. The molecule has 3 rings (SSSR count). The highest BCUT2D eigenvalue weighted by Gasteiger charge is 2.32. The van der Waals surface area contributed by atoms with E-state index >= 15 is 0 Å². The molecule has 1 aliphatic heterocycles. The van der Waals surface area contributed by atoms with Crippen molar-refractivity contribution >= 4 is 5.91 Å². The summed E-state index contributed by atoms with van der Waals surface area (Å²) in [6.07, 6.45) is 4.53. The van der Waals surface area contributed by atoms with Gasteiger partial charge in [-0.2, -0.15) is 0 Å². The quantitative estimate of drug-likeness (QED) is 0.875. The zero-order valence-corrected chi connectivity index (χ0v) is 12.8. The van der Waals surface area contributed by atoms with Crippen LogP contribution in [0, 0.1) is 13.8 Å². The molecule has 1 aromatic rings. The number of hydrogen-bond acceptors (Lipinski definition) is 3. The molecule has 4 nitrogen and oxygen atoms in total. The highest BCUT2D eigenvalue weighted by Crippen LogP contribution is 2.31. The van der Waals surface area contributed by atoms with Gasteiger partial charge in [0, 0.05) is 18.5 Å². The standard InChI is InChI=1S/C17H24N2O2/c1-10-7-12-9-16(21-15(12)8-11(10)2)17(20)19-14-6-4-3-5-13(14)18/h7-8,13-14,16H,3-6,9,18H2,1-2H3,(H,19,20)/t13-,14-,16?/m1/s1. The number of rotatable bonds is 2. The van der Waals surface area contributed by atoms with Crippen LogP contribution < -0.4 is 15.8 Å². The van der Waals surface area contributed by atoms with Crippen LogP contribution in [-0.2, 0) is 11.2 Å². The topological polar surface area (TPSA) is 64.3 Å². The third kappa shape index (κ3) is 2.91. The summed E-state index contributed by atoms with van der Waals surface area (Å²) >= 11 is 0. The molecular weight excluding hydrogens is 264 g/mol. The van der Waals surface area contributed by atoms with Gasteiger partial charge < -0.3 is 15.8 Å². The summed E-state index contributed by atoms with van der Waals surface area (Å²) in [5.41, 5.74) is 9.67. The Morgan fingerprint density at radius 2 is 1.95 bits per heavy atom. The minimum Gasteiger partial charge on any atom is -0.480 e. The lowest BCUT2D eigenvalue weighted by molar-refractivity contribution is -0.128. The molecule has 0 bridgehead atoms. The summed E-state index contributed by atoms with van der Waals surface area (Å²) in [5, 5.41) is 3.09. The Morgan fingerprint density at radius 3 is 2.71 bits per heavy atom. The minimum atomic E-state index is -0.407. The lowest BCUT2D eigenvalue weighted by atomic mass is 9.91. The highest BCUT2D eigenvalue weighted by molar-refractivity contribution is 5.83. The molecule has 0 saturated heterocycles. The molecule has 1 unspecified atom stereocenters. The Balaban J connectivity index is 1.65. The molecule has 3 atom stereocenters. The molecule has 1 fully saturated rings. The molecule has 4 heteroatoms. The Bertz CT molecular complexity index is 525. The van der Waals surface area contributed by atoms with Crippen LogP contribution in [0.1, 0.15) is 42.4 Å². The number of fused-ring (bicyclic) bond motifs is 1. The van der Waals surface area contributed by atoms with Crippen molar-refractivity contribution in [2.75, 3.05) is 0 Å². The van der Waals surface area contributed by atoms with E-state index in [4.69, 9.17) is 10.5 Å². The van der Waals surface area contributed by atoms with Gasteiger partial charge in [0.2, 0.25) is 0 Å². The monoisotopic (exact) mass is 288 g/mol. The first kappa shape index (κ1) is 14.4. The fourth-order valence-corrected chi connectivity index (χ4v) is 3.27. The average Bonchev–Trinajstić information content (AvgIpc) is 2.85. The van der Waals surface area contributed by atoms with Crippen molar-refractivity contribution in [3.05, 3.63) is 28.8 Å². The normalized spacial score (nSPS) is 27.9. The zero-order valence-electron chi connectivity index (χ0n) is 12.8. The van der Waals surface area contributed by atoms with E-state index in [1.165, 1.54) is 11.1 Å².